The first-order chi connectivity index (χ1) is 13.6. The van der Waals surface area contributed by atoms with Gasteiger partial charge in [-0.15, -0.1) is 0 Å². The van der Waals surface area contributed by atoms with E-state index in [2.05, 4.69) is 26.0 Å². The molecule has 144 valence electrons. The van der Waals surface area contributed by atoms with Crippen LogP contribution in [0.15, 0.2) is 53.6 Å². The molecule has 3 rings (SSSR count). The summed E-state index contributed by atoms with van der Waals surface area (Å²) >= 11 is 0. The predicted molar refractivity (Wildman–Crippen MR) is 108 cm³/mol. The van der Waals surface area contributed by atoms with E-state index in [9.17, 15) is 4.79 Å². The second-order valence-electron chi connectivity index (χ2n) is 5.87. The summed E-state index contributed by atoms with van der Waals surface area (Å²) in [5.74, 6) is 1.35. The molecule has 0 bridgehead atoms. The van der Waals surface area contributed by atoms with Crippen molar-refractivity contribution in [3.63, 3.8) is 0 Å². The first-order valence-corrected chi connectivity index (χ1v) is 8.55. The van der Waals surface area contributed by atoms with E-state index in [1.807, 2.05) is 36.4 Å². The van der Waals surface area contributed by atoms with Gasteiger partial charge >= 0.3 is 0 Å². The largest absolute Gasteiger partial charge is 0.497 e. The number of aryl methyl sites for hydroxylation is 1. The van der Waals surface area contributed by atoms with E-state index in [1.165, 1.54) is 0 Å². The number of H-pyrrole nitrogens is 1. The molecule has 0 spiro atoms. The molecule has 3 aromatic rings. The zero-order valence-electron chi connectivity index (χ0n) is 15.8. The molecule has 3 N–H and O–H groups in total. The number of hydrogen-bond donors (Lipinski definition) is 3. The monoisotopic (exact) mass is 379 g/mol. The zero-order valence-corrected chi connectivity index (χ0v) is 15.8. The standard InChI is InChI=1S/C20H21N5O3/c1-13-18(20(26)22-16-6-4-5-7-17(16)28-3)19(25-23-13)24-21-12-14-8-10-15(27-2)11-9-14/h4-12H,1-3H3,(H,22,26)(H2,23,24,25)/b21-12+. The van der Waals surface area contributed by atoms with Gasteiger partial charge in [0.1, 0.15) is 17.1 Å². The Morgan fingerprint density at radius 1 is 1.11 bits per heavy atom. The van der Waals surface area contributed by atoms with Gasteiger partial charge in [0.15, 0.2) is 5.82 Å². The molecule has 2 aromatic carbocycles. The maximum atomic E-state index is 12.8. The summed E-state index contributed by atoms with van der Waals surface area (Å²) in [6.45, 7) is 1.77. The number of anilines is 2. The lowest BCUT2D eigenvalue weighted by atomic mass is 10.2. The Bertz CT molecular complexity index is 980. The molecule has 8 nitrogen and oxygen atoms in total. The average Bonchev–Trinajstić information content (AvgIpc) is 3.09. The molecule has 0 saturated heterocycles. The van der Waals surface area contributed by atoms with Crippen LogP contribution in [0.25, 0.3) is 0 Å². The van der Waals surface area contributed by atoms with Gasteiger partial charge in [-0.25, -0.2) is 0 Å². The van der Waals surface area contributed by atoms with Gasteiger partial charge in [0.05, 0.1) is 26.1 Å². The Morgan fingerprint density at radius 3 is 2.57 bits per heavy atom. The van der Waals surface area contributed by atoms with E-state index in [1.54, 1.807) is 39.5 Å². The highest BCUT2D eigenvalue weighted by Gasteiger charge is 2.19. The lowest BCUT2D eigenvalue weighted by molar-refractivity contribution is 0.102. The molecule has 1 aromatic heterocycles. The van der Waals surface area contributed by atoms with Crippen LogP contribution in [-0.2, 0) is 0 Å². The fraction of sp³-hybridized carbons (Fsp3) is 0.150. The molecule has 28 heavy (non-hydrogen) atoms. The van der Waals surface area contributed by atoms with Crippen LogP contribution in [0.1, 0.15) is 21.6 Å². The number of para-hydroxylation sites is 2. The highest BCUT2D eigenvalue weighted by molar-refractivity contribution is 6.09. The first kappa shape index (κ1) is 19.0. The molecule has 1 heterocycles. The van der Waals surface area contributed by atoms with Gasteiger partial charge in [0.25, 0.3) is 5.91 Å². The molecule has 8 heteroatoms. The third-order valence-electron chi connectivity index (χ3n) is 4.03. The van der Waals surface area contributed by atoms with Gasteiger partial charge in [-0.3, -0.25) is 15.3 Å². The van der Waals surface area contributed by atoms with Crippen LogP contribution < -0.4 is 20.2 Å². The van der Waals surface area contributed by atoms with Crippen LogP contribution >= 0.6 is 0 Å². The fourth-order valence-corrected chi connectivity index (χ4v) is 2.58. The molecule has 1 amide bonds. The van der Waals surface area contributed by atoms with E-state index < -0.39 is 0 Å². The number of hydrogen-bond acceptors (Lipinski definition) is 6. The molecular weight excluding hydrogens is 358 g/mol. The number of aromatic amines is 1. The number of methoxy groups -OCH3 is 2. The van der Waals surface area contributed by atoms with Crippen molar-refractivity contribution >= 4 is 23.6 Å². The topological polar surface area (TPSA) is 101 Å². The minimum absolute atomic E-state index is 0.321. The van der Waals surface area contributed by atoms with Gasteiger partial charge in [-0.05, 0) is 48.9 Å². The van der Waals surface area contributed by atoms with Crippen molar-refractivity contribution < 1.29 is 14.3 Å². The summed E-state index contributed by atoms with van der Waals surface area (Å²) in [4.78, 5) is 12.8. The molecule has 0 fully saturated rings. The van der Waals surface area contributed by atoms with Crippen LogP contribution in [0.5, 0.6) is 11.5 Å². The number of nitrogens with one attached hydrogen (secondary N) is 3. The third-order valence-corrected chi connectivity index (χ3v) is 4.03. The Kier molecular flexibility index (Phi) is 5.91. The number of nitrogens with zero attached hydrogens (tertiary/aromatic N) is 2. The smallest absolute Gasteiger partial charge is 0.261 e. The Labute approximate surface area is 162 Å². The third kappa shape index (κ3) is 4.29. The number of rotatable bonds is 7. The van der Waals surface area contributed by atoms with Gasteiger partial charge < -0.3 is 14.8 Å². The number of hydrazone groups is 1. The molecule has 0 aliphatic rings. The van der Waals surface area contributed by atoms with E-state index in [4.69, 9.17) is 9.47 Å². The van der Waals surface area contributed by atoms with Crippen molar-refractivity contribution in [2.75, 3.05) is 25.0 Å². The fourth-order valence-electron chi connectivity index (χ4n) is 2.58. The van der Waals surface area contributed by atoms with E-state index >= 15 is 0 Å². The van der Waals surface area contributed by atoms with Crippen LogP contribution in [-0.4, -0.2) is 36.5 Å². The minimum Gasteiger partial charge on any atom is -0.497 e. The molecule has 0 aliphatic heterocycles. The number of carbonyl (C=O) groups excluding carboxylic acids is 1. The Morgan fingerprint density at radius 2 is 1.86 bits per heavy atom. The molecule has 0 atom stereocenters. The van der Waals surface area contributed by atoms with E-state index in [-0.39, 0.29) is 5.91 Å². The quantitative estimate of drug-likeness (QED) is 0.431. The molecular formula is C20H21N5O3. The minimum atomic E-state index is -0.321. The maximum absolute atomic E-state index is 12.8. The zero-order chi connectivity index (χ0) is 19.9. The van der Waals surface area contributed by atoms with Crippen LogP contribution in [0.4, 0.5) is 11.5 Å². The first-order valence-electron chi connectivity index (χ1n) is 8.55. The van der Waals surface area contributed by atoms with Crippen LogP contribution in [0, 0.1) is 6.92 Å². The van der Waals surface area contributed by atoms with Crippen molar-refractivity contribution in [1.82, 2.24) is 10.2 Å². The highest BCUT2D eigenvalue weighted by Crippen LogP contribution is 2.25. The normalized spacial score (nSPS) is 10.7. The Hall–Kier alpha value is -3.81. The van der Waals surface area contributed by atoms with Crippen molar-refractivity contribution in [1.29, 1.82) is 0 Å². The number of benzene rings is 2. The molecule has 0 aliphatic carbocycles. The van der Waals surface area contributed by atoms with Gasteiger partial charge in [-0.2, -0.15) is 10.2 Å². The van der Waals surface area contributed by atoms with Crippen LogP contribution in [0.3, 0.4) is 0 Å². The highest BCUT2D eigenvalue weighted by atomic mass is 16.5. The SMILES string of the molecule is COc1ccc(/C=N/Nc2n[nH]c(C)c2C(=O)Nc2ccccc2OC)cc1. The Balaban J connectivity index is 1.73. The van der Waals surface area contributed by atoms with Crippen molar-refractivity contribution in [2.24, 2.45) is 5.10 Å². The maximum Gasteiger partial charge on any atom is 0.261 e. The summed E-state index contributed by atoms with van der Waals surface area (Å²) in [6.07, 6.45) is 1.63. The van der Waals surface area contributed by atoms with Gasteiger partial charge in [0.2, 0.25) is 0 Å². The summed E-state index contributed by atoms with van der Waals surface area (Å²) in [5.41, 5.74) is 5.25. The second-order valence-corrected chi connectivity index (χ2v) is 5.87. The lowest BCUT2D eigenvalue weighted by Crippen LogP contribution is -2.14. The molecule has 0 saturated carbocycles. The molecule has 0 unspecified atom stereocenters. The van der Waals surface area contributed by atoms with E-state index in [0.717, 1.165) is 11.3 Å². The summed E-state index contributed by atoms with van der Waals surface area (Å²) < 4.78 is 10.4. The number of ether oxygens (including phenoxy) is 2. The summed E-state index contributed by atoms with van der Waals surface area (Å²) in [6, 6.07) is 14.6. The predicted octanol–water partition coefficient (Wildman–Crippen LogP) is 3.43. The van der Waals surface area contributed by atoms with Crippen LogP contribution in [0.2, 0.25) is 0 Å². The summed E-state index contributed by atoms with van der Waals surface area (Å²) in [7, 11) is 3.16. The summed E-state index contributed by atoms with van der Waals surface area (Å²) in [5, 5.41) is 13.9. The number of carbonyl (C=O) groups is 1. The second kappa shape index (κ2) is 8.72. The van der Waals surface area contributed by atoms with Crippen molar-refractivity contribution in [3.05, 3.63) is 65.4 Å². The average molecular weight is 379 g/mol. The van der Waals surface area contributed by atoms with Gasteiger partial charge in [-0.1, -0.05) is 12.1 Å². The molecule has 0 radical (unpaired) electrons. The van der Waals surface area contributed by atoms with Crippen molar-refractivity contribution in [3.8, 4) is 11.5 Å². The van der Waals surface area contributed by atoms with Crippen molar-refractivity contribution in [2.45, 2.75) is 6.92 Å². The number of amides is 1. The lowest BCUT2D eigenvalue weighted by Gasteiger charge is -2.10. The van der Waals surface area contributed by atoms with E-state index in [0.29, 0.717) is 28.5 Å². The van der Waals surface area contributed by atoms with Gasteiger partial charge in [0, 0.05) is 5.69 Å². The number of aromatic nitrogens is 2.